The molecule has 6 nitrogen and oxygen atoms in total. The summed E-state index contributed by atoms with van der Waals surface area (Å²) in [7, 11) is -4.81. The Morgan fingerprint density at radius 2 is 1.35 bits per heavy atom. The lowest BCUT2D eigenvalue weighted by atomic mass is 10.3. The molecule has 0 amide bonds. The van der Waals surface area contributed by atoms with Gasteiger partial charge >= 0.3 is 14.8 Å². The van der Waals surface area contributed by atoms with Gasteiger partial charge in [-0.15, -0.1) is 0 Å². The van der Waals surface area contributed by atoms with Crippen molar-refractivity contribution < 1.29 is 22.5 Å². The molecule has 1 N–H and O–H groups in total. The summed E-state index contributed by atoms with van der Waals surface area (Å²) in [5.41, 5.74) is 1.20. The molecule has 186 valence electrons. The molecular weight excluding hydrogens is 426 g/mol. The normalized spacial score (nSPS) is 14.0. The molecule has 0 aliphatic carbocycles. The van der Waals surface area contributed by atoms with Gasteiger partial charge in [-0.3, -0.25) is 4.79 Å². The fourth-order valence-electron chi connectivity index (χ4n) is 4.51. The standard InChI is InChI=1S/C23H51NO5Si2/c1-11-22(10)28-30(26-12-2,27-13-3)17-15-14-16-24-18-23(25)29-31(19(4)5,20(6)7)21(8)9/h19-22,24H,11-18H2,1-10H3. The van der Waals surface area contributed by atoms with E-state index in [1.54, 1.807) is 0 Å². The third-order valence-corrected chi connectivity index (χ3v) is 15.2. The minimum atomic E-state index is -2.65. The predicted molar refractivity (Wildman–Crippen MR) is 134 cm³/mol. The molecule has 31 heavy (non-hydrogen) atoms. The van der Waals surface area contributed by atoms with Gasteiger partial charge in [0.1, 0.15) is 0 Å². The Morgan fingerprint density at radius 1 is 0.839 bits per heavy atom. The van der Waals surface area contributed by atoms with Crippen molar-refractivity contribution in [1.29, 1.82) is 0 Å². The van der Waals surface area contributed by atoms with Crippen molar-refractivity contribution in [3.63, 3.8) is 0 Å². The summed E-state index contributed by atoms with van der Waals surface area (Å²) in [6, 6.07) is 0.801. The molecule has 0 fully saturated rings. The third-order valence-electron chi connectivity index (χ3n) is 6.04. The number of hydrogen-bond donors (Lipinski definition) is 1. The van der Waals surface area contributed by atoms with Crippen molar-refractivity contribution in [3.8, 4) is 0 Å². The van der Waals surface area contributed by atoms with E-state index < -0.39 is 17.1 Å². The number of carbonyl (C=O) groups excluding carboxylic acids is 1. The van der Waals surface area contributed by atoms with Crippen LogP contribution in [0.15, 0.2) is 0 Å². The van der Waals surface area contributed by atoms with E-state index in [4.69, 9.17) is 17.7 Å². The first-order chi connectivity index (χ1) is 14.5. The summed E-state index contributed by atoms with van der Waals surface area (Å²) in [6.07, 6.45) is 2.94. The Balaban J connectivity index is 4.60. The van der Waals surface area contributed by atoms with Crippen molar-refractivity contribution in [1.82, 2.24) is 5.32 Å². The van der Waals surface area contributed by atoms with E-state index in [1.165, 1.54) is 0 Å². The van der Waals surface area contributed by atoms with Gasteiger partial charge in [-0.25, -0.2) is 0 Å². The highest BCUT2D eigenvalue weighted by molar-refractivity contribution is 6.78. The maximum atomic E-state index is 12.6. The maximum Gasteiger partial charge on any atom is 0.501 e. The highest BCUT2D eigenvalue weighted by atomic mass is 28.4. The SMILES string of the molecule is CCO[Si](CCCCNCC(=O)O[Si](C(C)C)(C(C)C)C(C)C)(OCC)OC(C)CC. The van der Waals surface area contributed by atoms with Gasteiger partial charge in [0, 0.05) is 25.4 Å². The molecule has 0 heterocycles. The van der Waals surface area contributed by atoms with Crippen molar-refractivity contribution in [3.05, 3.63) is 0 Å². The first kappa shape index (κ1) is 30.7. The smallest absolute Gasteiger partial charge is 0.501 e. The van der Waals surface area contributed by atoms with Gasteiger partial charge in [0.2, 0.25) is 0 Å². The largest absolute Gasteiger partial charge is 0.517 e. The predicted octanol–water partition coefficient (Wildman–Crippen LogP) is 5.90. The fraction of sp³-hybridized carbons (Fsp3) is 0.957. The van der Waals surface area contributed by atoms with Crippen LogP contribution in [0.3, 0.4) is 0 Å². The van der Waals surface area contributed by atoms with E-state index in [0.29, 0.717) is 29.8 Å². The molecule has 0 aromatic heterocycles. The van der Waals surface area contributed by atoms with Gasteiger partial charge in [-0.1, -0.05) is 48.5 Å². The summed E-state index contributed by atoms with van der Waals surface area (Å²) in [6.45, 7) is 23.6. The monoisotopic (exact) mass is 477 g/mol. The van der Waals surface area contributed by atoms with E-state index in [-0.39, 0.29) is 18.6 Å². The number of carbonyl (C=O) groups is 1. The molecule has 0 aliphatic heterocycles. The van der Waals surface area contributed by atoms with Crippen LogP contribution in [0.5, 0.6) is 0 Å². The van der Waals surface area contributed by atoms with Crippen LogP contribution < -0.4 is 5.32 Å². The molecule has 0 aliphatic rings. The zero-order valence-electron chi connectivity index (χ0n) is 22.0. The minimum Gasteiger partial charge on any atom is -0.517 e. The molecule has 0 saturated heterocycles. The van der Waals surface area contributed by atoms with E-state index in [0.717, 1.165) is 31.9 Å². The van der Waals surface area contributed by atoms with Gasteiger partial charge in [0.25, 0.3) is 8.32 Å². The molecular formula is C23H51NO5Si2. The Kier molecular flexibility index (Phi) is 15.4. The fourth-order valence-corrected chi connectivity index (χ4v) is 12.7. The van der Waals surface area contributed by atoms with E-state index in [9.17, 15) is 4.79 Å². The topological polar surface area (TPSA) is 66.0 Å². The number of nitrogens with one attached hydrogen (secondary N) is 1. The zero-order chi connectivity index (χ0) is 24.1. The van der Waals surface area contributed by atoms with Crippen LogP contribution >= 0.6 is 0 Å². The van der Waals surface area contributed by atoms with Crippen molar-refractivity contribution >= 4 is 23.1 Å². The Morgan fingerprint density at radius 3 is 1.77 bits per heavy atom. The van der Waals surface area contributed by atoms with Crippen LogP contribution in [-0.2, 0) is 22.5 Å². The number of hydrogen-bond acceptors (Lipinski definition) is 6. The van der Waals surface area contributed by atoms with Gasteiger partial charge < -0.3 is 23.0 Å². The van der Waals surface area contributed by atoms with Crippen molar-refractivity contribution in [2.45, 2.75) is 117 Å². The second-order valence-electron chi connectivity index (χ2n) is 9.31. The van der Waals surface area contributed by atoms with Gasteiger partial charge in [0.15, 0.2) is 0 Å². The first-order valence-corrected chi connectivity index (χ1v) is 16.5. The highest BCUT2D eigenvalue weighted by Gasteiger charge is 2.48. The number of unbranched alkanes of at least 4 members (excludes halogenated alkanes) is 1. The molecule has 0 rings (SSSR count). The van der Waals surface area contributed by atoms with Crippen LogP contribution in [0.2, 0.25) is 22.7 Å². The average Bonchev–Trinajstić information content (AvgIpc) is 2.68. The third kappa shape index (κ3) is 10.0. The van der Waals surface area contributed by atoms with E-state index in [2.05, 4.69) is 60.7 Å². The van der Waals surface area contributed by atoms with Crippen LogP contribution in [0.4, 0.5) is 0 Å². The minimum absolute atomic E-state index is 0.116. The Labute approximate surface area is 194 Å². The van der Waals surface area contributed by atoms with Crippen LogP contribution in [0, 0.1) is 0 Å². The molecule has 0 aromatic rings. The Hall–Kier alpha value is -0.256. The van der Waals surface area contributed by atoms with Crippen LogP contribution in [0.25, 0.3) is 0 Å². The molecule has 0 saturated carbocycles. The summed E-state index contributed by atoms with van der Waals surface area (Å²) in [5.74, 6) is -0.116. The Bertz CT molecular complexity index is 461. The molecule has 0 aromatic carbocycles. The highest BCUT2D eigenvalue weighted by Crippen LogP contribution is 2.42. The first-order valence-electron chi connectivity index (χ1n) is 12.4. The molecule has 8 heteroatoms. The zero-order valence-corrected chi connectivity index (χ0v) is 24.0. The second-order valence-corrected chi connectivity index (χ2v) is 17.4. The van der Waals surface area contributed by atoms with E-state index >= 15 is 0 Å². The number of rotatable bonds is 18. The average molecular weight is 478 g/mol. The van der Waals surface area contributed by atoms with Gasteiger partial charge in [-0.2, -0.15) is 0 Å². The summed E-state index contributed by atoms with van der Waals surface area (Å²) in [5, 5.41) is 3.27. The molecule has 1 atom stereocenters. The van der Waals surface area contributed by atoms with Crippen LogP contribution in [-0.4, -0.2) is 55.5 Å². The summed E-state index contributed by atoms with van der Waals surface area (Å²) in [4.78, 5) is 12.6. The quantitative estimate of drug-likeness (QED) is 0.196. The van der Waals surface area contributed by atoms with Gasteiger partial charge in [0.05, 0.1) is 6.54 Å². The molecule has 0 spiro atoms. The van der Waals surface area contributed by atoms with Gasteiger partial charge in [-0.05, 0) is 63.2 Å². The lowest BCUT2D eigenvalue weighted by Gasteiger charge is -2.41. The maximum absolute atomic E-state index is 12.6. The van der Waals surface area contributed by atoms with Crippen molar-refractivity contribution in [2.75, 3.05) is 26.3 Å². The molecule has 0 radical (unpaired) electrons. The summed E-state index contributed by atoms with van der Waals surface area (Å²) >= 11 is 0. The lowest BCUT2D eigenvalue weighted by Crippen LogP contribution is -2.50. The molecule has 1 unspecified atom stereocenters. The lowest BCUT2D eigenvalue weighted by molar-refractivity contribution is -0.134. The summed E-state index contributed by atoms with van der Waals surface area (Å²) < 4.78 is 24.5. The van der Waals surface area contributed by atoms with Crippen LogP contribution in [0.1, 0.15) is 88.5 Å². The van der Waals surface area contributed by atoms with Crippen molar-refractivity contribution in [2.24, 2.45) is 0 Å². The van der Waals surface area contributed by atoms with E-state index in [1.807, 2.05) is 13.8 Å². The molecule has 0 bridgehead atoms. The second kappa shape index (κ2) is 15.6.